The van der Waals surface area contributed by atoms with Gasteiger partial charge in [-0.15, -0.1) is 0 Å². The molecule has 1 fully saturated rings. The van der Waals surface area contributed by atoms with Crippen molar-refractivity contribution in [2.75, 3.05) is 19.6 Å². The summed E-state index contributed by atoms with van der Waals surface area (Å²) < 4.78 is 0. The summed E-state index contributed by atoms with van der Waals surface area (Å²) >= 11 is 0. The maximum Gasteiger partial charge on any atom is 0.224 e. The fourth-order valence-electron chi connectivity index (χ4n) is 2.71. The molecule has 0 radical (unpaired) electrons. The molecule has 0 aromatic rings. The fraction of sp³-hybridized carbons (Fsp3) is 0.933. The Morgan fingerprint density at radius 2 is 2.17 bits per heavy atom. The molecule has 0 spiro atoms. The Bertz CT molecular complexity index is 225. The second-order valence-corrected chi connectivity index (χ2v) is 5.59. The summed E-state index contributed by atoms with van der Waals surface area (Å²) in [5.74, 6) is 1.14. The molecule has 1 rings (SSSR count). The van der Waals surface area contributed by atoms with Gasteiger partial charge < -0.3 is 10.6 Å². The predicted octanol–water partition coefficient (Wildman–Crippen LogP) is 2.71. The Morgan fingerprint density at radius 3 is 2.78 bits per heavy atom. The number of rotatable bonds is 8. The molecule has 1 heterocycles. The van der Waals surface area contributed by atoms with Gasteiger partial charge in [-0.1, -0.05) is 33.1 Å². The average molecular weight is 254 g/mol. The van der Waals surface area contributed by atoms with E-state index in [0.29, 0.717) is 5.92 Å². The van der Waals surface area contributed by atoms with Crippen LogP contribution in [0.15, 0.2) is 0 Å². The van der Waals surface area contributed by atoms with Gasteiger partial charge in [0, 0.05) is 13.1 Å². The molecule has 1 aliphatic heterocycles. The number of hydrogen-bond donors (Lipinski definition) is 2. The topological polar surface area (TPSA) is 41.1 Å². The van der Waals surface area contributed by atoms with Crippen LogP contribution in [0, 0.1) is 11.8 Å². The van der Waals surface area contributed by atoms with Crippen molar-refractivity contribution in [1.82, 2.24) is 10.6 Å². The Balaban J connectivity index is 2.24. The van der Waals surface area contributed by atoms with Gasteiger partial charge in [-0.05, 0) is 38.1 Å². The summed E-state index contributed by atoms with van der Waals surface area (Å²) in [6.45, 7) is 7.27. The van der Waals surface area contributed by atoms with Crippen molar-refractivity contribution < 1.29 is 4.79 Å². The van der Waals surface area contributed by atoms with E-state index in [2.05, 4.69) is 24.5 Å². The Morgan fingerprint density at radius 1 is 1.33 bits per heavy atom. The van der Waals surface area contributed by atoms with Gasteiger partial charge in [-0.2, -0.15) is 0 Å². The van der Waals surface area contributed by atoms with Gasteiger partial charge >= 0.3 is 0 Å². The van der Waals surface area contributed by atoms with Crippen molar-refractivity contribution in [3.05, 3.63) is 0 Å². The van der Waals surface area contributed by atoms with Gasteiger partial charge in [0.1, 0.15) is 0 Å². The number of hydrogen-bond acceptors (Lipinski definition) is 2. The van der Waals surface area contributed by atoms with E-state index in [1.165, 1.54) is 32.1 Å². The van der Waals surface area contributed by atoms with Crippen LogP contribution in [-0.2, 0) is 4.79 Å². The molecular weight excluding hydrogens is 224 g/mol. The lowest BCUT2D eigenvalue weighted by Crippen LogP contribution is -2.41. The molecule has 1 aliphatic rings. The summed E-state index contributed by atoms with van der Waals surface area (Å²) in [5.41, 5.74) is 0. The predicted molar refractivity (Wildman–Crippen MR) is 76.5 cm³/mol. The Kier molecular flexibility index (Phi) is 8.06. The van der Waals surface area contributed by atoms with Crippen molar-refractivity contribution >= 4 is 5.91 Å². The van der Waals surface area contributed by atoms with E-state index < -0.39 is 0 Å². The molecule has 0 aromatic heterocycles. The summed E-state index contributed by atoms with van der Waals surface area (Å²) in [6.07, 6.45) is 8.43. The molecule has 106 valence electrons. The third-order valence-corrected chi connectivity index (χ3v) is 3.90. The highest BCUT2D eigenvalue weighted by molar-refractivity contribution is 5.78. The Hall–Kier alpha value is -0.570. The molecule has 0 bridgehead atoms. The highest BCUT2D eigenvalue weighted by atomic mass is 16.1. The molecule has 2 unspecified atom stereocenters. The summed E-state index contributed by atoms with van der Waals surface area (Å²) in [7, 11) is 0. The molecule has 3 heteroatoms. The van der Waals surface area contributed by atoms with E-state index in [1.807, 2.05) is 0 Å². The summed E-state index contributed by atoms with van der Waals surface area (Å²) in [4.78, 5) is 12.0. The molecule has 0 saturated carbocycles. The van der Waals surface area contributed by atoms with Crippen molar-refractivity contribution in [2.45, 2.75) is 58.8 Å². The van der Waals surface area contributed by atoms with Gasteiger partial charge in [0.15, 0.2) is 0 Å². The van der Waals surface area contributed by atoms with Crippen LogP contribution in [0.5, 0.6) is 0 Å². The smallest absolute Gasteiger partial charge is 0.224 e. The van der Waals surface area contributed by atoms with Crippen LogP contribution in [0.1, 0.15) is 58.8 Å². The van der Waals surface area contributed by atoms with E-state index in [0.717, 1.165) is 32.5 Å². The third-order valence-electron chi connectivity index (χ3n) is 3.90. The lowest BCUT2D eigenvalue weighted by atomic mass is 9.95. The normalized spacial score (nSPS) is 21.6. The highest BCUT2D eigenvalue weighted by Gasteiger charge is 2.21. The highest BCUT2D eigenvalue weighted by Crippen LogP contribution is 2.15. The maximum atomic E-state index is 12.0. The van der Waals surface area contributed by atoms with E-state index >= 15 is 0 Å². The second kappa shape index (κ2) is 9.37. The van der Waals surface area contributed by atoms with Crippen LogP contribution in [0.3, 0.4) is 0 Å². The van der Waals surface area contributed by atoms with Crippen LogP contribution < -0.4 is 10.6 Å². The van der Waals surface area contributed by atoms with Crippen LogP contribution in [0.2, 0.25) is 0 Å². The van der Waals surface area contributed by atoms with E-state index in [1.54, 1.807) is 0 Å². The maximum absolute atomic E-state index is 12.0. The molecule has 1 amide bonds. The van der Waals surface area contributed by atoms with Crippen LogP contribution >= 0.6 is 0 Å². The van der Waals surface area contributed by atoms with Gasteiger partial charge in [0.2, 0.25) is 5.91 Å². The number of amides is 1. The molecule has 3 nitrogen and oxygen atoms in total. The minimum Gasteiger partial charge on any atom is -0.356 e. The average Bonchev–Trinajstić information content (AvgIpc) is 2.42. The van der Waals surface area contributed by atoms with Gasteiger partial charge in [0.05, 0.1) is 5.92 Å². The molecule has 18 heavy (non-hydrogen) atoms. The largest absolute Gasteiger partial charge is 0.356 e. The molecule has 0 aromatic carbocycles. The molecular formula is C15H30N2O. The van der Waals surface area contributed by atoms with Gasteiger partial charge in [-0.3, -0.25) is 4.79 Å². The lowest BCUT2D eigenvalue weighted by Gasteiger charge is -2.23. The molecule has 2 N–H and O–H groups in total. The van der Waals surface area contributed by atoms with Crippen molar-refractivity contribution in [3.8, 4) is 0 Å². The fourth-order valence-corrected chi connectivity index (χ4v) is 2.71. The lowest BCUT2D eigenvalue weighted by molar-refractivity contribution is -0.125. The quantitative estimate of drug-likeness (QED) is 0.699. The molecule has 1 saturated heterocycles. The SMILES string of the molecule is CCCCC(CCC)CNC(=O)C1CCCNC1. The number of carbonyl (C=O) groups excluding carboxylic acids is 1. The van der Waals surface area contributed by atoms with Gasteiger partial charge in [0.25, 0.3) is 0 Å². The van der Waals surface area contributed by atoms with E-state index in [9.17, 15) is 4.79 Å². The number of nitrogens with one attached hydrogen (secondary N) is 2. The van der Waals surface area contributed by atoms with Crippen LogP contribution in [0.25, 0.3) is 0 Å². The molecule has 0 aliphatic carbocycles. The first-order valence-corrected chi connectivity index (χ1v) is 7.76. The molecule has 2 atom stereocenters. The van der Waals surface area contributed by atoms with Gasteiger partial charge in [-0.25, -0.2) is 0 Å². The zero-order valence-corrected chi connectivity index (χ0v) is 12.1. The minimum atomic E-state index is 0.201. The zero-order chi connectivity index (χ0) is 13.2. The first-order valence-electron chi connectivity index (χ1n) is 7.76. The monoisotopic (exact) mass is 254 g/mol. The van der Waals surface area contributed by atoms with Crippen molar-refractivity contribution in [2.24, 2.45) is 11.8 Å². The van der Waals surface area contributed by atoms with Crippen molar-refractivity contribution in [3.63, 3.8) is 0 Å². The first-order chi connectivity index (χ1) is 8.77. The zero-order valence-electron chi connectivity index (χ0n) is 12.1. The Labute approximate surface area is 112 Å². The minimum absolute atomic E-state index is 0.201. The number of piperidine rings is 1. The summed E-state index contributed by atoms with van der Waals surface area (Å²) in [6, 6.07) is 0. The summed E-state index contributed by atoms with van der Waals surface area (Å²) in [5, 5.41) is 6.47. The van der Waals surface area contributed by atoms with Crippen molar-refractivity contribution in [1.29, 1.82) is 0 Å². The van der Waals surface area contributed by atoms with Crippen LogP contribution in [0.4, 0.5) is 0 Å². The van der Waals surface area contributed by atoms with E-state index in [-0.39, 0.29) is 11.8 Å². The van der Waals surface area contributed by atoms with E-state index in [4.69, 9.17) is 0 Å². The number of unbranched alkanes of at least 4 members (excludes halogenated alkanes) is 1. The first kappa shape index (κ1) is 15.5. The third kappa shape index (κ3) is 5.85. The van der Waals surface area contributed by atoms with Crippen LogP contribution in [-0.4, -0.2) is 25.5 Å². The number of carbonyl (C=O) groups is 1. The second-order valence-electron chi connectivity index (χ2n) is 5.59. The standard InChI is InChI=1S/C15H30N2O/c1-3-5-8-13(7-4-2)11-17-15(18)14-9-6-10-16-12-14/h13-14,16H,3-12H2,1-2H3,(H,17,18).